The minimum absolute atomic E-state index is 0.0691. The summed E-state index contributed by atoms with van der Waals surface area (Å²) in [5, 5.41) is 10.9. The van der Waals surface area contributed by atoms with Crippen molar-refractivity contribution in [1.82, 2.24) is 0 Å². The van der Waals surface area contributed by atoms with Gasteiger partial charge in [0.1, 0.15) is 29.0 Å². The first-order valence-electron chi connectivity index (χ1n) is 13.6. The predicted octanol–water partition coefficient (Wildman–Crippen LogP) is 7.37. The molecule has 5 nitrogen and oxygen atoms in total. The van der Waals surface area contributed by atoms with Gasteiger partial charge in [-0.15, -0.1) is 0 Å². The molecule has 0 saturated carbocycles. The van der Waals surface area contributed by atoms with Crippen molar-refractivity contribution >= 4 is 0 Å². The van der Waals surface area contributed by atoms with Gasteiger partial charge in [0.2, 0.25) is 0 Å². The molecule has 0 aromatic heterocycles. The van der Waals surface area contributed by atoms with Crippen LogP contribution in [0.3, 0.4) is 0 Å². The molecule has 5 aromatic rings. The molecule has 0 fully saturated rings. The average molecular weight is 547 g/mol. The zero-order valence-corrected chi connectivity index (χ0v) is 23.1. The number of methoxy groups -OCH3 is 1. The number of hydrogen-bond donors (Lipinski definition) is 1. The fraction of sp³-hybridized carbons (Fsp3) is 0.167. The second-order valence-electron chi connectivity index (χ2n) is 9.68. The molecule has 5 heteroatoms. The SMILES string of the molecule is COc1ccc(C(OC[C@@H](O)COCc2ccc(Oc3ccccc3)cc2)(c2ccccc2)c2ccccc2)cc1. The van der Waals surface area contributed by atoms with Crippen LogP contribution in [0.4, 0.5) is 0 Å². The molecule has 0 bridgehead atoms. The van der Waals surface area contributed by atoms with E-state index >= 15 is 0 Å². The maximum absolute atomic E-state index is 10.9. The Labute approximate surface area is 241 Å². The summed E-state index contributed by atoms with van der Waals surface area (Å²) in [6.07, 6.45) is -0.833. The van der Waals surface area contributed by atoms with Crippen molar-refractivity contribution in [3.05, 3.63) is 162 Å². The van der Waals surface area contributed by atoms with Gasteiger partial charge in [0.25, 0.3) is 0 Å². The molecule has 5 aromatic carbocycles. The lowest BCUT2D eigenvalue weighted by Gasteiger charge is -2.36. The minimum atomic E-state index is -0.940. The highest BCUT2D eigenvalue weighted by atomic mass is 16.5. The van der Waals surface area contributed by atoms with Gasteiger partial charge < -0.3 is 24.1 Å². The van der Waals surface area contributed by atoms with E-state index in [2.05, 4.69) is 0 Å². The van der Waals surface area contributed by atoms with Crippen LogP contribution in [-0.2, 0) is 21.7 Å². The monoisotopic (exact) mass is 546 g/mol. The first-order valence-corrected chi connectivity index (χ1v) is 13.6. The predicted molar refractivity (Wildman–Crippen MR) is 160 cm³/mol. The number of benzene rings is 5. The van der Waals surface area contributed by atoms with Gasteiger partial charge in [0, 0.05) is 0 Å². The van der Waals surface area contributed by atoms with Gasteiger partial charge in [0.05, 0.1) is 26.9 Å². The molecule has 0 aliphatic carbocycles. The van der Waals surface area contributed by atoms with Gasteiger partial charge in [-0.25, -0.2) is 0 Å². The number of rotatable bonds is 13. The molecule has 0 unspecified atom stereocenters. The second kappa shape index (κ2) is 13.8. The highest BCUT2D eigenvalue weighted by Gasteiger charge is 2.38. The van der Waals surface area contributed by atoms with E-state index in [-0.39, 0.29) is 13.2 Å². The van der Waals surface area contributed by atoms with Crippen molar-refractivity contribution in [2.24, 2.45) is 0 Å². The Kier molecular flexibility index (Phi) is 9.45. The van der Waals surface area contributed by atoms with Gasteiger partial charge in [-0.05, 0) is 58.7 Å². The third kappa shape index (κ3) is 7.02. The third-order valence-electron chi connectivity index (χ3n) is 6.83. The quantitative estimate of drug-likeness (QED) is 0.156. The zero-order valence-electron chi connectivity index (χ0n) is 23.1. The Morgan fingerprint density at radius 2 is 1.05 bits per heavy atom. The Bertz CT molecular complexity index is 1410. The van der Waals surface area contributed by atoms with Gasteiger partial charge in [-0.1, -0.05) is 103 Å². The van der Waals surface area contributed by atoms with Crippen LogP contribution in [0, 0.1) is 0 Å². The summed E-state index contributed by atoms with van der Waals surface area (Å²) in [6.45, 7) is 0.563. The van der Waals surface area contributed by atoms with Crippen LogP contribution >= 0.6 is 0 Å². The molecule has 1 atom stereocenters. The molecule has 0 radical (unpaired) electrons. The molecular weight excluding hydrogens is 512 g/mol. The van der Waals surface area contributed by atoms with Gasteiger partial charge >= 0.3 is 0 Å². The molecule has 0 saturated heterocycles. The van der Waals surface area contributed by atoms with Crippen molar-refractivity contribution in [1.29, 1.82) is 0 Å². The summed E-state index contributed by atoms with van der Waals surface area (Å²) < 4.78 is 23.8. The van der Waals surface area contributed by atoms with Crippen LogP contribution in [0.1, 0.15) is 22.3 Å². The molecule has 0 spiro atoms. The first kappa shape index (κ1) is 28.1. The molecule has 5 rings (SSSR count). The van der Waals surface area contributed by atoms with E-state index in [0.717, 1.165) is 39.5 Å². The number of aliphatic hydroxyl groups excluding tert-OH is 1. The highest BCUT2D eigenvalue weighted by Crippen LogP contribution is 2.41. The summed E-state index contributed by atoms with van der Waals surface area (Å²) >= 11 is 0. The van der Waals surface area contributed by atoms with Gasteiger partial charge in [0.15, 0.2) is 0 Å². The molecule has 41 heavy (non-hydrogen) atoms. The Morgan fingerprint density at radius 1 is 0.561 bits per heavy atom. The van der Waals surface area contributed by atoms with Gasteiger partial charge in [-0.2, -0.15) is 0 Å². The number of para-hydroxylation sites is 1. The minimum Gasteiger partial charge on any atom is -0.497 e. The van der Waals surface area contributed by atoms with Crippen molar-refractivity contribution in [2.45, 2.75) is 18.3 Å². The molecule has 0 aliphatic heterocycles. The number of ether oxygens (including phenoxy) is 4. The highest BCUT2D eigenvalue weighted by molar-refractivity contribution is 5.48. The van der Waals surface area contributed by atoms with Crippen molar-refractivity contribution < 1.29 is 24.1 Å². The molecular formula is C36H34O5. The molecule has 0 aliphatic rings. The van der Waals surface area contributed by atoms with E-state index in [1.165, 1.54) is 0 Å². The third-order valence-corrected chi connectivity index (χ3v) is 6.83. The Morgan fingerprint density at radius 3 is 1.61 bits per heavy atom. The standard InChI is InChI=1S/C36H34O5/c1-38-33-23-19-31(20-24-33)36(29-11-5-2-6-12-29,30-13-7-3-8-14-30)40-27-32(37)26-39-25-28-17-21-35(22-18-28)41-34-15-9-4-10-16-34/h2-24,32,37H,25-27H2,1H3/t32-/m0/s1. The summed E-state index contributed by atoms with van der Waals surface area (Å²) in [5.41, 5.74) is 2.90. The van der Waals surface area contributed by atoms with E-state index in [1.807, 2.05) is 140 Å². The van der Waals surface area contributed by atoms with Crippen LogP contribution in [0.5, 0.6) is 17.2 Å². The summed E-state index contributed by atoms with van der Waals surface area (Å²) in [4.78, 5) is 0. The van der Waals surface area contributed by atoms with Crippen LogP contribution in [0.2, 0.25) is 0 Å². The van der Waals surface area contributed by atoms with Crippen LogP contribution in [0.15, 0.2) is 140 Å². The van der Waals surface area contributed by atoms with Gasteiger partial charge in [-0.3, -0.25) is 0 Å². The normalized spacial score (nSPS) is 12.0. The molecule has 1 N–H and O–H groups in total. The van der Waals surface area contributed by atoms with E-state index < -0.39 is 11.7 Å². The fourth-order valence-electron chi connectivity index (χ4n) is 4.78. The lowest BCUT2D eigenvalue weighted by atomic mass is 9.80. The topological polar surface area (TPSA) is 57.2 Å². The van der Waals surface area contributed by atoms with Crippen molar-refractivity contribution in [2.75, 3.05) is 20.3 Å². The molecule has 0 amide bonds. The van der Waals surface area contributed by atoms with E-state index in [9.17, 15) is 5.11 Å². The Balaban J connectivity index is 1.27. The van der Waals surface area contributed by atoms with Crippen molar-refractivity contribution in [3.63, 3.8) is 0 Å². The number of aliphatic hydroxyl groups is 1. The molecule has 208 valence electrons. The fourth-order valence-corrected chi connectivity index (χ4v) is 4.78. The largest absolute Gasteiger partial charge is 0.497 e. The summed E-state index contributed by atoms with van der Waals surface area (Å²) in [6, 6.07) is 45.4. The summed E-state index contributed by atoms with van der Waals surface area (Å²) in [5.74, 6) is 2.30. The zero-order chi connectivity index (χ0) is 28.3. The maximum Gasteiger partial charge on any atom is 0.143 e. The summed E-state index contributed by atoms with van der Waals surface area (Å²) in [7, 11) is 1.65. The van der Waals surface area contributed by atoms with E-state index in [4.69, 9.17) is 18.9 Å². The second-order valence-corrected chi connectivity index (χ2v) is 9.68. The van der Waals surface area contributed by atoms with E-state index in [0.29, 0.717) is 6.61 Å². The smallest absolute Gasteiger partial charge is 0.143 e. The lowest BCUT2D eigenvalue weighted by molar-refractivity contribution is -0.0662. The lowest BCUT2D eigenvalue weighted by Crippen LogP contribution is -2.36. The average Bonchev–Trinajstić information content (AvgIpc) is 3.04. The van der Waals surface area contributed by atoms with Crippen LogP contribution < -0.4 is 9.47 Å². The molecule has 0 heterocycles. The van der Waals surface area contributed by atoms with Crippen LogP contribution in [0.25, 0.3) is 0 Å². The maximum atomic E-state index is 10.9. The Hall–Kier alpha value is -4.42. The van der Waals surface area contributed by atoms with Crippen molar-refractivity contribution in [3.8, 4) is 17.2 Å². The first-order chi connectivity index (χ1) is 20.2. The number of hydrogen-bond acceptors (Lipinski definition) is 5. The van der Waals surface area contributed by atoms with E-state index in [1.54, 1.807) is 7.11 Å². The van der Waals surface area contributed by atoms with Crippen LogP contribution in [-0.4, -0.2) is 31.5 Å².